The van der Waals surface area contributed by atoms with E-state index in [1.807, 2.05) is 0 Å². The van der Waals surface area contributed by atoms with E-state index in [1.54, 1.807) is 39.0 Å². The molecule has 4 atom stereocenters. The second-order valence-corrected chi connectivity index (χ2v) is 6.76. The Hall–Kier alpha value is -2.18. The lowest BCUT2D eigenvalue weighted by Gasteiger charge is -2.25. The van der Waals surface area contributed by atoms with Crippen LogP contribution in [0, 0.1) is 5.92 Å². The fourth-order valence-electron chi connectivity index (χ4n) is 3.02. The van der Waals surface area contributed by atoms with Gasteiger partial charge in [-0.3, -0.25) is 0 Å². The molecule has 0 aromatic rings. The number of fused-ring (bicyclic) bond motifs is 1. The molecule has 2 aliphatic rings. The Morgan fingerprint density at radius 1 is 1.46 bits per heavy atom. The van der Waals surface area contributed by atoms with Crippen LogP contribution in [0.3, 0.4) is 0 Å². The normalized spacial score (nSPS) is 34.1. The fraction of sp³-hybridized carbons (Fsp3) is 0.500. The number of aliphatic hydroxyl groups excluding tert-OH is 2. The minimum atomic E-state index is -0.911. The molecule has 0 aromatic carbocycles. The highest BCUT2D eigenvalue weighted by Gasteiger charge is 2.42. The topological polar surface area (TPSA) is 93.1 Å². The first-order valence-electron chi connectivity index (χ1n) is 8.66. The van der Waals surface area contributed by atoms with E-state index >= 15 is 0 Å². The predicted octanol–water partition coefficient (Wildman–Crippen LogP) is 1.98. The van der Waals surface area contributed by atoms with E-state index in [-0.39, 0.29) is 18.6 Å². The maximum atomic E-state index is 11.9. The Bertz CT molecular complexity index is 684. The molecule has 142 valence electrons. The molecule has 0 spiro atoms. The van der Waals surface area contributed by atoms with Gasteiger partial charge in [0.05, 0.1) is 18.1 Å². The molecule has 0 saturated carbocycles. The highest BCUT2D eigenvalue weighted by atomic mass is 16.6. The van der Waals surface area contributed by atoms with Gasteiger partial charge in [0.2, 0.25) is 0 Å². The zero-order valence-corrected chi connectivity index (χ0v) is 15.4. The van der Waals surface area contributed by atoms with Crippen LogP contribution in [0.2, 0.25) is 0 Å². The smallest absolute Gasteiger partial charge is 0.334 e. The Kier molecular flexibility index (Phi) is 6.56. The van der Waals surface area contributed by atoms with Crippen LogP contribution in [0.1, 0.15) is 33.6 Å². The molecule has 0 radical (unpaired) electrons. The summed E-state index contributed by atoms with van der Waals surface area (Å²) in [7, 11) is 0. The van der Waals surface area contributed by atoms with Gasteiger partial charge in [-0.1, -0.05) is 18.7 Å². The summed E-state index contributed by atoms with van der Waals surface area (Å²) in [5.41, 5.74) is 2.03. The lowest BCUT2D eigenvalue weighted by atomic mass is 9.85. The number of carbonyl (C=O) groups is 2. The molecule has 1 aliphatic heterocycles. The van der Waals surface area contributed by atoms with Gasteiger partial charge in [-0.25, -0.2) is 9.59 Å². The highest BCUT2D eigenvalue weighted by molar-refractivity contribution is 5.91. The number of allylic oxidation sites excluding steroid dienone is 1. The van der Waals surface area contributed by atoms with Gasteiger partial charge in [0.1, 0.15) is 12.7 Å². The zero-order valence-electron chi connectivity index (χ0n) is 15.4. The molecular weight excluding hydrogens is 336 g/mol. The Labute approximate surface area is 153 Å². The van der Waals surface area contributed by atoms with Gasteiger partial charge in [-0.15, -0.1) is 0 Å². The summed E-state index contributed by atoms with van der Waals surface area (Å²) in [5.74, 6) is -1.57. The van der Waals surface area contributed by atoms with E-state index in [9.17, 15) is 19.8 Å². The predicted molar refractivity (Wildman–Crippen MR) is 96.0 cm³/mol. The molecule has 2 rings (SSSR count). The monoisotopic (exact) mass is 362 g/mol. The molecule has 0 amide bonds. The summed E-state index contributed by atoms with van der Waals surface area (Å²) in [6, 6.07) is 0. The van der Waals surface area contributed by atoms with E-state index in [1.165, 1.54) is 0 Å². The summed E-state index contributed by atoms with van der Waals surface area (Å²) in [6.45, 7) is 8.90. The standard InChI is InChI=1S/C20H26O6/c1-5-11(2)19(23)25-10-14-6-7-15(21)12(3)8-17-18(16(22)9-14)13(4)20(24)26-17/h5-6,8,15-18,21-22H,4,7,9-10H2,1-3H3/b11-5+,12-8+,14-6-/t15-,16+,17+,18+/m0/s1. The molecule has 2 N–H and O–H groups in total. The average molecular weight is 362 g/mol. The summed E-state index contributed by atoms with van der Waals surface area (Å²) >= 11 is 0. The minimum absolute atomic E-state index is 0.00915. The largest absolute Gasteiger partial charge is 0.458 e. The molecule has 0 bridgehead atoms. The number of aliphatic hydroxyl groups is 2. The maximum absolute atomic E-state index is 11.9. The second-order valence-electron chi connectivity index (χ2n) is 6.76. The van der Waals surface area contributed by atoms with Crippen LogP contribution >= 0.6 is 0 Å². The van der Waals surface area contributed by atoms with Crippen molar-refractivity contribution in [3.8, 4) is 0 Å². The number of rotatable bonds is 3. The van der Waals surface area contributed by atoms with Crippen molar-refractivity contribution in [2.45, 2.75) is 51.9 Å². The minimum Gasteiger partial charge on any atom is -0.458 e. The van der Waals surface area contributed by atoms with Gasteiger partial charge >= 0.3 is 11.9 Å². The van der Waals surface area contributed by atoms with E-state index in [0.29, 0.717) is 23.1 Å². The van der Waals surface area contributed by atoms with E-state index in [4.69, 9.17) is 9.47 Å². The van der Waals surface area contributed by atoms with E-state index < -0.39 is 36.2 Å². The molecule has 6 nitrogen and oxygen atoms in total. The van der Waals surface area contributed by atoms with Crippen molar-refractivity contribution in [2.24, 2.45) is 5.92 Å². The third kappa shape index (κ3) is 4.51. The molecule has 1 fully saturated rings. The Morgan fingerprint density at radius 2 is 2.15 bits per heavy atom. The first-order chi connectivity index (χ1) is 12.2. The molecule has 0 aromatic heterocycles. The third-order valence-corrected chi connectivity index (χ3v) is 4.87. The van der Waals surface area contributed by atoms with Gasteiger partial charge in [-0.2, -0.15) is 0 Å². The summed E-state index contributed by atoms with van der Waals surface area (Å²) < 4.78 is 10.5. The van der Waals surface area contributed by atoms with Crippen LogP contribution in [0.25, 0.3) is 0 Å². The number of hydrogen-bond acceptors (Lipinski definition) is 6. The Morgan fingerprint density at radius 3 is 2.81 bits per heavy atom. The van der Waals surface area contributed by atoms with Crippen molar-refractivity contribution in [1.29, 1.82) is 0 Å². The molecule has 0 unspecified atom stereocenters. The van der Waals surface area contributed by atoms with Crippen molar-refractivity contribution in [3.63, 3.8) is 0 Å². The van der Waals surface area contributed by atoms with Gasteiger partial charge in [0.15, 0.2) is 0 Å². The van der Waals surface area contributed by atoms with Crippen LogP contribution in [0.5, 0.6) is 0 Å². The summed E-state index contributed by atoms with van der Waals surface area (Å²) in [6.07, 6.45) is 3.29. The third-order valence-electron chi connectivity index (χ3n) is 4.87. The summed E-state index contributed by atoms with van der Waals surface area (Å²) in [4.78, 5) is 23.7. The quantitative estimate of drug-likeness (QED) is 0.453. The number of ether oxygens (including phenoxy) is 2. The van der Waals surface area contributed by atoms with Gasteiger partial charge < -0.3 is 19.7 Å². The molecule has 6 heteroatoms. The van der Waals surface area contributed by atoms with Crippen molar-refractivity contribution in [3.05, 3.63) is 47.1 Å². The lowest BCUT2D eigenvalue weighted by molar-refractivity contribution is -0.139. The van der Waals surface area contributed by atoms with Gasteiger partial charge in [-0.05, 0) is 50.8 Å². The van der Waals surface area contributed by atoms with Crippen LogP contribution in [-0.4, -0.2) is 47.1 Å². The van der Waals surface area contributed by atoms with Crippen molar-refractivity contribution < 1.29 is 29.3 Å². The number of hydrogen-bond donors (Lipinski definition) is 2. The molecular formula is C20H26O6. The highest BCUT2D eigenvalue weighted by Crippen LogP contribution is 2.34. The van der Waals surface area contributed by atoms with E-state index in [2.05, 4.69) is 6.58 Å². The van der Waals surface area contributed by atoms with Gasteiger partial charge in [0.25, 0.3) is 0 Å². The van der Waals surface area contributed by atoms with Crippen molar-refractivity contribution in [2.75, 3.05) is 6.61 Å². The van der Waals surface area contributed by atoms with Crippen LogP contribution in [-0.2, 0) is 19.1 Å². The molecule has 1 saturated heterocycles. The average Bonchev–Trinajstić information content (AvgIpc) is 2.88. The lowest BCUT2D eigenvalue weighted by Crippen LogP contribution is -2.30. The van der Waals surface area contributed by atoms with Crippen LogP contribution in [0.15, 0.2) is 47.1 Å². The number of carbonyl (C=O) groups excluding carboxylic acids is 2. The van der Waals surface area contributed by atoms with Crippen molar-refractivity contribution in [1.82, 2.24) is 0 Å². The Balaban J connectivity index is 2.23. The molecule has 26 heavy (non-hydrogen) atoms. The first kappa shape index (κ1) is 20.1. The maximum Gasteiger partial charge on any atom is 0.334 e. The SMILES string of the molecule is C=C1C(=O)O[C@@H]2/C=C(\C)[C@@H](O)C/C=C(\COC(=O)/C(C)=C/C)C[C@@H](O)[C@@H]12. The summed E-state index contributed by atoms with van der Waals surface area (Å²) in [5, 5.41) is 20.9. The zero-order chi connectivity index (χ0) is 19.4. The molecule has 1 heterocycles. The van der Waals surface area contributed by atoms with Crippen LogP contribution in [0.4, 0.5) is 0 Å². The van der Waals surface area contributed by atoms with E-state index in [0.717, 1.165) is 0 Å². The van der Waals surface area contributed by atoms with Crippen molar-refractivity contribution >= 4 is 11.9 Å². The van der Waals surface area contributed by atoms with Gasteiger partial charge in [0, 0.05) is 11.1 Å². The molecule has 1 aliphatic carbocycles. The van der Waals surface area contributed by atoms with Crippen LogP contribution < -0.4 is 0 Å². The fourth-order valence-corrected chi connectivity index (χ4v) is 3.02. The first-order valence-corrected chi connectivity index (χ1v) is 8.66. The second kappa shape index (κ2) is 8.47. The number of esters is 2.